The van der Waals surface area contributed by atoms with Gasteiger partial charge in [0.1, 0.15) is 5.82 Å². The number of H-pyrrole nitrogens is 1. The Kier molecular flexibility index (Phi) is 4.21. The van der Waals surface area contributed by atoms with Crippen LogP contribution in [0, 0.1) is 18.7 Å². The van der Waals surface area contributed by atoms with Crippen molar-refractivity contribution in [1.29, 1.82) is 0 Å². The third-order valence-corrected chi connectivity index (χ3v) is 4.71. The summed E-state index contributed by atoms with van der Waals surface area (Å²) in [7, 11) is 0. The van der Waals surface area contributed by atoms with E-state index in [-0.39, 0.29) is 17.6 Å². The van der Waals surface area contributed by atoms with Crippen LogP contribution in [0.2, 0.25) is 0 Å². The quantitative estimate of drug-likeness (QED) is 0.740. The topological polar surface area (TPSA) is 56.9 Å². The number of amides is 1. The number of aromatic nitrogens is 1. The maximum Gasteiger partial charge on any atom is 0.252 e. The summed E-state index contributed by atoms with van der Waals surface area (Å²) in [6.45, 7) is 2.44. The Hall–Kier alpha value is -3.08. The van der Waals surface area contributed by atoms with Crippen molar-refractivity contribution in [2.45, 2.75) is 19.9 Å². The van der Waals surface area contributed by atoms with Gasteiger partial charge < -0.3 is 15.6 Å². The molecular weight excluding hydrogens is 329 g/mol. The van der Waals surface area contributed by atoms with Crippen LogP contribution in [0.3, 0.4) is 0 Å². The largest absolute Gasteiger partial charge is 0.384 e. The van der Waals surface area contributed by atoms with Gasteiger partial charge >= 0.3 is 0 Å². The molecule has 1 amide bonds. The average Bonchev–Trinajstić information content (AvgIpc) is 3.21. The van der Waals surface area contributed by atoms with E-state index < -0.39 is 0 Å². The molecular formula is C21H20FN3O. The SMILES string of the molecule is Cc1cc(F)cc(CNC2=CC=C3NC(=O)/C(=C\c4ccc[nH]4)C3C2)c1. The van der Waals surface area contributed by atoms with Gasteiger partial charge in [0.2, 0.25) is 0 Å². The first kappa shape index (κ1) is 16.4. The van der Waals surface area contributed by atoms with Gasteiger partial charge in [-0.05, 0) is 67.0 Å². The fourth-order valence-corrected chi connectivity index (χ4v) is 3.50. The van der Waals surface area contributed by atoms with Crippen LogP contribution in [0.4, 0.5) is 4.39 Å². The lowest BCUT2D eigenvalue weighted by Gasteiger charge is -2.20. The van der Waals surface area contributed by atoms with Crippen molar-refractivity contribution in [1.82, 2.24) is 15.6 Å². The maximum atomic E-state index is 13.5. The van der Waals surface area contributed by atoms with Gasteiger partial charge in [-0.25, -0.2) is 4.39 Å². The van der Waals surface area contributed by atoms with Gasteiger partial charge in [0.25, 0.3) is 5.91 Å². The van der Waals surface area contributed by atoms with E-state index in [4.69, 9.17) is 0 Å². The third-order valence-electron chi connectivity index (χ3n) is 4.71. The minimum atomic E-state index is -0.219. The molecule has 1 unspecified atom stereocenters. The number of carbonyl (C=O) groups excluding carboxylic acids is 1. The molecule has 0 radical (unpaired) electrons. The Labute approximate surface area is 151 Å². The number of aromatic amines is 1. The Morgan fingerprint density at radius 3 is 2.96 bits per heavy atom. The molecule has 2 aromatic rings. The molecule has 1 aromatic carbocycles. The van der Waals surface area contributed by atoms with Crippen LogP contribution < -0.4 is 10.6 Å². The van der Waals surface area contributed by atoms with Gasteiger partial charge in [-0.2, -0.15) is 0 Å². The van der Waals surface area contributed by atoms with Gasteiger partial charge in [0.15, 0.2) is 0 Å². The first-order valence-corrected chi connectivity index (χ1v) is 8.65. The van der Waals surface area contributed by atoms with Crippen molar-refractivity contribution < 1.29 is 9.18 Å². The van der Waals surface area contributed by atoms with Crippen LogP contribution in [0.1, 0.15) is 23.2 Å². The van der Waals surface area contributed by atoms with Crippen LogP contribution in [0.15, 0.2) is 65.6 Å². The summed E-state index contributed by atoms with van der Waals surface area (Å²) in [4.78, 5) is 15.4. The number of rotatable bonds is 4. The fraction of sp³-hybridized carbons (Fsp3) is 0.190. The van der Waals surface area contributed by atoms with Gasteiger partial charge in [-0.3, -0.25) is 4.79 Å². The molecule has 2 heterocycles. The van der Waals surface area contributed by atoms with E-state index in [2.05, 4.69) is 15.6 Å². The van der Waals surface area contributed by atoms with Crippen LogP contribution in [0.5, 0.6) is 0 Å². The van der Waals surface area contributed by atoms with Crippen LogP contribution in [-0.2, 0) is 11.3 Å². The Balaban J connectivity index is 1.49. The monoisotopic (exact) mass is 349 g/mol. The van der Waals surface area contributed by atoms with E-state index in [1.165, 1.54) is 6.07 Å². The van der Waals surface area contributed by atoms with Crippen LogP contribution in [-0.4, -0.2) is 10.9 Å². The highest BCUT2D eigenvalue weighted by molar-refractivity contribution is 6.03. The predicted molar refractivity (Wildman–Crippen MR) is 99.2 cm³/mol. The van der Waals surface area contributed by atoms with E-state index in [1.54, 1.807) is 6.07 Å². The summed E-state index contributed by atoms with van der Waals surface area (Å²) in [6, 6.07) is 8.88. The Morgan fingerprint density at radius 2 is 2.19 bits per heavy atom. The van der Waals surface area contributed by atoms with Crippen LogP contribution >= 0.6 is 0 Å². The predicted octanol–water partition coefficient (Wildman–Crippen LogP) is 3.55. The number of halogens is 1. The molecule has 1 fully saturated rings. The first-order chi connectivity index (χ1) is 12.6. The molecule has 1 aliphatic heterocycles. The van der Waals surface area contributed by atoms with Crippen molar-refractivity contribution in [2.75, 3.05) is 0 Å². The normalized spacial score (nSPS) is 20.5. The molecule has 0 bridgehead atoms. The van der Waals surface area contributed by atoms with Crippen molar-refractivity contribution in [3.8, 4) is 0 Å². The van der Waals surface area contributed by atoms with Gasteiger partial charge in [0, 0.05) is 41.3 Å². The highest BCUT2D eigenvalue weighted by Gasteiger charge is 2.34. The molecule has 1 aliphatic carbocycles. The second kappa shape index (κ2) is 6.67. The number of hydrogen-bond donors (Lipinski definition) is 3. The molecule has 1 aromatic heterocycles. The molecule has 26 heavy (non-hydrogen) atoms. The molecule has 3 N–H and O–H groups in total. The Bertz CT molecular complexity index is 918. The second-order valence-electron chi connectivity index (χ2n) is 6.74. The minimum Gasteiger partial charge on any atom is -0.384 e. The summed E-state index contributed by atoms with van der Waals surface area (Å²) < 4.78 is 13.5. The molecule has 132 valence electrons. The summed E-state index contributed by atoms with van der Waals surface area (Å²) >= 11 is 0. The van der Waals surface area contributed by atoms with E-state index in [1.807, 2.05) is 49.5 Å². The van der Waals surface area contributed by atoms with Gasteiger partial charge in [-0.1, -0.05) is 6.07 Å². The minimum absolute atomic E-state index is 0.0209. The average molecular weight is 349 g/mol. The summed E-state index contributed by atoms with van der Waals surface area (Å²) in [5.74, 6) is -0.248. The molecule has 1 saturated heterocycles. The second-order valence-corrected chi connectivity index (χ2v) is 6.74. The molecule has 4 rings (SSSR count). The number of hydrogen-bond acceptors (Lipinski definition) is 2. The number of benzene rings is 1. The lowest BCUT2D eigenvalue weighted by molar-refractivity contribution is -0.115. The highest BCUT2D eigenvalue weighted by Crippen LogP contribution is 2.35. The molecule has 1 atom stereocenters. The maximum absolute atomic E-state index is 13.5. The number of nitrogens with one attached hydrogen (secondary N) is 3. The van der Waals surface area contributed by atoms with E-state index in [9.17, 15) is 9.18 Å². The number of aryl methyl sites for hydroxylation is 1. The third kappa shape index (κ3) is 3.33. The molecule has 4 nitrogen and oxygen atoms in total. The summed E-state index contributed by atoms with van der Waals surface area (Å²) in [6.07, 6.45) is 8.38. The lowest BCUT2D eigenvalue weighted by atomic mass is 9.90. The number of allylic oxidation sites excluding steroid dienone is 4. The zero-order valence-corrected chi connectivity index (χ0v) is 14.5. The first-order valence-electron chi connectivity index (χ1n) is 8.65. The standard InChI is InChI=1S/C21H20FN3O/c1-13-7-14(9-15(22)8-13)12-24-17-4-5-20-18(10-17)19(21(26)25-20)11-16-3-2-6-23-16/h2-9,11,18,23-24H,10,12H2,1H3,(H,25,26)/b19-11-. The Morgan fingerprint density at radius 1 is 1.31 bits per heavy atom. The molecule has 0 spiro atoms. The number of carbonyl (C=O) groups is 1. The van der Waals surface area contributed by atoms with Crippen molar-refractivity contribution in [3.63, 3.8) is 0 Å². The summed E-state index contributed by atoms with van der Waals surface area (Å²) in [5.41, 5.74) is 5.45. The van der Waals surface area contributed by atoms with Crippen molar-refractivity contribution in [2.24, 2.45) is 5.92 Å². The summed E-state index contributed by atoms with van der Waals surface area (Å²) in [5, 5.41) is 6.32. The van der Waals surface area contributed by atoms with Crippen LogP contribution in [0.25, 0.3) is 6.08 Å². The van der Waals surface area contributed by atoms with Gasteiger partial charge in [-0.15, -0.1) is 0 Å². The molecule has 0 saturated carbocycles. The zero-order chi connectivity index (χ0) is 18.1. The lowest BCUT2D eigenvalue weighted by Crippen LogP contribution is -2.19. The van der Waals surface area contributed by atoms with Crippen molar-refractivity contribution >= 4 is 12.0 Å². The smallest absolute Gasteiger partial charge is 0.252 e. The molecule has 2 aliphatic rings. The fourth-order valence-electron chi connectivity index (χ4n) is 3.50. The van der Waals surface area contributed by atoms with Gasteiger partial charge in [0.05, 0.1) is 0 Å². The van der Waals surface area contributed by atoms with E-state index in [0.717, 1.165) is 33.8 Å². The number of fused-ring (bicyclic) bond motifs is 1. The zero-order valence-electron chi connectivity index (χ0n) is 14.5. The van der Waals surface area contributed by atoms with E-state index in [0.29, 0.717) is 13.0 Å². The van der Waals surface area contributed by atoms with E-state index >= 15 is 0 Å². The molecule has 5 heteroatoms. The van der Waals surface area contributed by atoms with Crippen molar-refractivity contribution in [3.05, 3.63) is 88.3 Å². The highest BCUT2D eigenvalue weighted by atomic mass is 19.1.